The summed E-state index contributed by atoms with van der Waals surface area (Å²) in [5.74, 6) is -0.109. The smallest absolute Gasteiger partial charge is 0.336 e. The van der Waals surface area contributed by atoms with Crippen molar-refractivity contribution in [3.05, 3.63) is 73.9 Å². The van der Waals surface area contributed by atoms with E-state index in [1.54, 1.807) is 54.3 Å². The molecule has 0 bridgehead atoms. The topological polar surface area (TPSA) is 64.3 Å². The Morgan fingerprint density at radius 1 is 1.07 bits per heavy atom. The number of carbonyl (C=O) groups is 1. The third kappa shape index (κ3) is 3.27. The molecule has 0 N–H and O–H groups in total. The standard InChI is InChI=1S/C22H22ClN3O3/c1-14-9-10-16(13-18(14)23)26-21(28)17-7-3-4-8-19(17)25(22(26)29)15(2)20(27)24-11-5-6-12-24/h3-4,7-10,13,15H,5-6,11-12H2,1-2H3. The van der Waals surface area contributed by atoms with Crippen LogP contribution in [0.1, 0.15) is 31.4 Å². The summed E-state index contributed by atoms with van der Waals surface area (Å²) in [6.07, 6.45) is 1.94. The van der Waals surface area contributed by atoms with Gasteiger partial charge in [0.15, 0.2) is 0 Å². The molecule has 1 fully saturated rings. The van der Waals surface area contributed by atoms with Crippen LogP contribution in [0.25, 0.3) is 16.6 Å². The largest absolute Gasteiger partial charge is 0.341 e. The number of carbonyl (C=O) groups excluding carboxylic acids is 1. The zero-order valence-corrected chi connectivity index (χ0v) is 17.1. The Labute approximate surface area is 172 Å². The summed E-state index contributed by atoms with van der Waals surface area (Å²) in [5.41, 5.74) is 0.714. The fraction of sp³-hybridized carbons (Fsp3) is 0.318. The van der Waals surface area contributed by atoms with Crippen LogP contribution in [0, 0.1) is 6.92 Å². The van der Waals surface area contributed by atoms with Crippen molar-refractivity contribution in [2.45, 2.75) is 32.7 Å². The number of aromatic nitrogens is 2. The van der Waals surface area contributed by atoms with Crippen LogP contribution >= 0.6 is 11.6 Å². The number of para-hydroxylation sites is 1. The second-order valence-corrected chi connectivity index (χ2v) is 7.86. The molecule has 0 aliphatic carbocycles. The van der Waals surface area contributed by atoms with Crippen LogP contribution in [-0.2, 0) is 4.79 Å². The fourth-order valence-corrected chi connectivity index (χ4v) is 4.09. The minimum Gasteiger partial charge on any atom is -0.341 e. The molecule has 0 spiro atoms. The molecule has 1 saturated heterocycles. The van der Waals surface area contributed by atoms with E-state index < -0.39 is 17.3 Å². The Hall–Kier alpha value is -2.86. The van der Waals surface area contributed by atoms with Gasteiger partial charge in [-0.2, -0.15) is 0 Å². The molecule has 1 atom stereocenters. The van der Waals surface area contributed by atoms with Crippen LogP contribution in [0.2, 0.25) is 5.02 Å². The molecule has 29 heavy (non-hydrogen) atoms. The number of hydrogen-bond donors (Lipinski definition) is 0. The van der Waals surface area contributed by atoms with E-state index in [0.717, 1.165) is 23.0 Å². The first-order valence-electron chi connectivity index (χ1n) is 9.72. The van der Waals surface area contributed by atoms with Crippen molar-refractivity contribution < 1.29 is 4.79 Å². The zero-order valence-electron chi connectivity index (χ0n) is 16.4. The normalized spacial score (nSPS) is 15.1. The van der Waals surface area contributed by atoms with Crippen LogP contribution in [0.3, 0.4) is 0 Å². The molecule has 0 radical (unpaired) electrons. The van der Waals surface area contributed by atoms with Gasteiger partial charge in [0.05, 0.1) is 16.6 Å². The van der Waals surface area contributed by atoms with Crippen LogP contribution in [0.5, 0.6) is 0 Å². The lowest BCUT2D eigenvalue weighted by Gasteiger charge is -2.24. The lowest BCUT2D eigenvalue weighted by molar-refractivity contribution is -0.133. The Kier molecular flexibility index (Phi) is 5.04. The summed E-state index contributed by atoms with van der Waals surface area (Å²) in [6.45, 7) is 4.96. The van der Waals surface area contributed by atoms with Gasteiger partial charge in [-0.25, -0.2) is 9.36 Å². The van der Waals surface area contributed by atoms with Gasteiger partial charge in [-0.3, -0.25) is 14.2 Å². The number of nitrogens with zero attached hydrogens (tertiary/aromatic N) is 3. The van der Waals surface area contributed by atoms with E-state index in [1.807, 2.05) is 6.92 Å². The van der Waals surface area contributed by atoms with Gasteiger partial charge >= 0.3 is 5.69 Å². The van der Waals surface area contributed by atoms with Crippen LogP contribution in [0.15, 0.2) is 52.1 Å². The van der Waals surface area contributed by atoms with Gasteiger partial charge in [0.25, 0.3) is 5.56 Å². The minimum atomic E-state index is -0.724. The van der Waals surface area contributed by atoms with Crippen molar-refractivity contribution in [2.75, 3.05) is 13.1 Å². The maximum atomic E-state index is 13.5. The van der Waals surface area contributed by atoms with Gasteiger partial charge in [-0.15, -0.1) is 0 Å². The molecule has 2 heterocycles. The number of hydrogen-bond acceptors (Lipinski definition) is 3. The molecule has 7 heteroatoms. The number of likely N-dealkylation sites (tertiary alicyclic amines) is 1. The van der Waals surface area contributed by atoms with E-state index in [-0.39, 0.29) is 5.91 Å². The van der Waals surface area contributed by atoms with E-state index in [2.05, 4.69) is 0 Å². The van der Waals surface area contributed by atoms with Crippen molar-refractivity contribution in [1.82, 2.24) is 14.0 Å². The first-order valence-corrected chi connectivity index (χ1v) is 10.1. The maximum Gasteiger partial charge on any atom is 0.336 e. The highest BCUT2D eigenvalue weighted by Crippen LogP contribution is 2.21. The van der Waals surface area contributed by atoms with Crippen LogP contribution < -0.4 is 11.2 Å². The predicted molar refractivity (Wildman–Crippen MR) is 114 cm³/mol. The molecule has 1 unspecified atom stereocenters. The van der Waals surface area contributed by atoms with Crippen molar-refractivity contribution in [2.24, 2.45) is 0 Å². The molecular weight excluding hydrogens is 390 g/mol. The van der Waals surface area contributed by atoms with E-state index in [9.17, 15) is 14.4 Å². The Morgan fingerprint density at radius 3 is 2.45 bits per heavy atom. The van der Waals surface area contributed by atoms with E-state index in [0.29, 0.717) is 34.7 Å². The lowest BCUT2D eigenvalue weighted by Crippen LogP contribution is -2.44. The van der Waals surface area contributed by atoms with Crippen molar-refractivity contribution in [1.29, 1.82) is 0 Å². The quantitative estimate of drug-likeness (QED) is 0.664. The number of aryl methyl sites for hydroxylation is 1. The molecule has 4 rings (SSSR count). The average molecular weight is 412 g/mol. The second kappa shape index (κ2) is 7.52. The molecule has 0 saturated carbocycles. The zero-order chi connectivity index (χ0) is 20.7. The number of rotatable bonds is 3. The summed E-state index contributed by atoms with van der Waals surface area (Å²) >= 11 is 6.24. The highest BCUT2D eigenvalue weighted by molar-refractivity contribution is 6.31. The van der Waals surface area contributed by atoms with Gasteiger partial charge in [0.2, 0.25) is 5.91 Å². The predicted octanol–water partition coefficient (Wildman–Crippen LogP) is 3.30. The lowest BCUT2D eigenvalue weighted by atomic mass is 10.2. The van der Waals surface area contributed by atoms with Crippen LogP contribution in [-0.4, -0.2) is 33.0 Å². The molecule has 1 aliphatic rings. The van der Waals surface area contributed by atoms with Gasteiger partial charge in [0.1, 0.15) is 6.04 Å². The van der Waals surface area contributed by atoms with Gasteiger partial charge in [0, 0.05) is 18.1 Å². The summed E-state index contributed by atoms with van der Waals surface area (Å²) in [5, 5.41) is 0.847. The molecule has 1 aromatic heterocycles. The number of amides is 1. The molecule has 3 aromatic rings. The third-order valence-corrected chi connectivity index (χ3v) is 5.98. The SMILES string of the molecule is Cc1ccc(-n2c(=O)c3ccccc3n(C(C)C(=O)N3CCCC3)c2=O)cc1Cl. The highest BCUT2D eigenvalue weighted by Gasteiger charge is 2.27. The van der Waals surface area contributed by atoms with Crippen molar-refractivity contribution in [3.8, 4) is 5.69 Å². The summed E-state index contributed by atoms with van der Waals surface area (Å²) in [4.78, 5) is 41.4. The Bertz CT molecular complexity index is 1220. The molecule has 2 aromatic carbocycles. The van der Waals surface area contributed by atoms with E-state index >= 15 is 0 Å². The maximum absolute atomic E-state index is 13.5. The summed E-state index contributed by atoms with van der Waals surface area (Å²) < 4.78 is 2.52. The first kappa shape index (κ1) is 19.5. The highest BCUT2D eigenvalue weighted by atomic mass is 35.5. The molecule has 1 aliphatic heterocycles. The van der Waals surface area contributed by atoms with E-state index in [4.69, 9.17) is 11.6 Å². The number of benzene rings is 2. The van der Waals surface area contributed by atoms with Crippen molar-refractivity contribution in [3.63, 3.8) is 0 Å². The van der Waals surface area contributed by atoms with Gasteiger partial charge < -0.3 is 4.90 Å². The van der Waals surface area contributed by atoms with Crippen molar-refractivity contribution >= 4 is 28.4 Å². The summed E-state index contributed by atoms with van der Waals surface area (Å²) in [7, 11) is 0. The third-order valence-electron chi connectivity index (χ3n) is 5.57. The molecular formula is C22H22ClN3O3. The minimum absolute atomic E-state index is 0.109. The average Bonchev–Trinajstić information content (AvgIpc) is 3.25. The van der Waals surface area contributed by atoms with Gasteiger partial charge in [-0.05, 0) is 56.5 Å². The Morgan fingerprint density at radius 2 is 1.76 bits per heavy atom. The first-order chi connectivity index (χ1) is 13.9. The number of halogens is 1. The second-order valence-electron chi connectivity index (χ2n) is 7.45. The molecule has 6 nitrogen and oxygen atoms in total. The molecule has 150 valence electrons. The van der Waals surface area contributed by atoms with E-state index in [1.165, 1.54) is 4.57 Å². The fourth-order valence-electron chi connectivity index (χ4n) is 3.92. The molecule has 1 amide bonds. The van der Waals surface area contributed by atoms with Gasteiger partial charge in [-0.1, -0.05) is 29.8 Å². The van der Waals surface area contributed by atoms with Crippen LogP contribution in [0.4, 0.5) is 0 Å². The number of fused-ring (bicyclic) bond motifs is 1. The monoisotopic (exact) mass is 411 g/mol. The summed E-state index contributed by atoms with van der Waals surface area (Å²) in [6, 6.07) is 11.2. The Balaban J connectivity index is 1.99.